The lowest BCUT2D eigenvalue weighted by atomic mass is 10.1. The van der Waals surface area contributed by atoms with Crippen molar-refractivity contribution >= 4 is 5.91 Å². The van der Waals surface area contributed by atoms with Crippen LogP contribution in [0.25, 0.3) is 0 Å². The molecule has 1 saturated heterocycles. The highest BCUT2D eigenvalue weighted by atomic mass is 16.5. The SMILES string of the molecule is CC(C)c1noc(CCC(=O)N2CCN([C@H]3CCC[C@H]3O)CC2)n1. The molecule has 7 heteroatoms. The van der Waals surface area contributed by atoms with Gasteiger partial charge in [-0.1, -0.05) is 19.0 Å². The van der Waals surface area contributed by atoms with E-state index >= 15 is 0 Å². The first-order valence-electron chi connectivity index (χ1n) is 9.07. The zero-order valence-electron chi connectivity index (χ0n) is 14.6. The van der Waals surface area contributed by atoms with Crippen LogP contribution in [0.3, 0.4) is 0 Å². The van der Waals surface area contributed by atoms with E-state index in [-0.39, 0.29) is 24.0 Å². The summed E-state index contributed by atoms with van der Waals surface area (Å²) in [6.45, 7) is 7.21. The quantitative estimate of drug-likeness (QED) is 0.869. The molecule has 1 aromatic rings. The number of amides is 1. The second-order valence-electron chi connectivity index (χ2n) is 7.18. The Bertz CT molecular complexity index is 552. The van der Waals surface area contributed by atoms with Crippen LogP contribution >= 0.6 is 0 Å². The highest BCUT2D eigenvalue weighted by molar-refractivity contribution is 5.76. The molecule has 1 aliphatic heterocycles. The van der Waals surface area contributed by atoms with Gasteiger partial charge in [0.25, 0.3) is 0 Å². The van der Waals surface area contributed by atoms with E-state index in [2.05, 4.69) is 15.0 Å². The molecule has 2 heterocycles. The van der Waals surface area contributed by atoms with E-state index in [0.717, 1.165) is 45.4 Å². The summed E-state index contributed by atoms with van der Waals surface area (Å²) < 4.78 is 5.19. The van der Waals surface area contributed by atoms with E-state index in [1.807, 2.05) is 18.7 Å². The normalized spacial score (nSPS) is 25.6. The van der Waals surface area contributed by atoms with Crippen LogP contribution in [0.15, 0.2) is 4.52 Å². The third kappa shape index (κ3) is 3.95. The van der Waals surface area contributed by atoms with Crippen molar-refractivity contribution in [1.82, 2.24) is 19.9 Å². The number of aryl methyl sites for hydroxylation is 1. The van der Waals surface area contributed by atoms with Gasteiger partial charge in [-0.05, 0) is 19.3 Å². The lowest BCUT2D eigenvalue weighted by Gasteiger charge is -2.39. The maximum atomic E-state index is 12.4. The molecule has 1 aromatic heterocycles. The van der Waals surface area contributed by atoms with Crippen molar-refractivity contribution in [3.8, 4) is 0 Å². The molecule has 0 bridgehead atoms. The van der Waals surface area contributed by atoms with E-state index in [4.69, 9.17) is 4.52 Å². The molecule has 134 valence electrons. The molecule has 3 rings (SSSR count). The average molecular weight is 336 g/mol. The first kappa shape index (κ1) is 17.4. The Morgan fingerprint density at radius 3 is 2.62 bits per heavy atom. The first-order valence-corrected chi connectivity index (χ1v) is 9.07. The zero-order valence-corrected chi connectivity index (χ0v) is 14.6. The van der Waals surface area contributed by atoms with Gasteiger partial charge < -0.3 is 14.5 Å². The van der Waals surface area contributed by atoms with Gasteiger partial charge >= 0.3 is 0 Å². The van der Waals surface area contributed by atoms with Gasteiger partial charge in [0.15, 0.2) is 5.82 Å². The Morgan fingerprint density at radius 1 is 1.29 bits per heavy atom. The van der Waals surface area contributed by atoms with Gasteiger partial charge in [0.2, 0.25) is 11.8 Å². The molecule has 24 heavy (non-hydrogen) atoms. The number of carbonyl (C=O) groups is 1. The van der Waals surface area contributed by atoms with Gasteiger partial charge in [0, 0.05) is 51.0 Å². The van der Waals surface area contributed by atoms with Crippen molar-refractivity contribution in [1.29, 1.82) is 0 Å². The standard InChI is InChI=1S/C17H28N4O3/c1-12(2)17-18-15(24-19-17)6-7-16(23)21-10-8-20(9-11-21)13-4-3-5-14(13)22/h12-14,22H,3-11H2,1-2H3/t13-,14+/m0/s1. The van der Waals surface area contributed by atoms with Crippen molar-refractivity contribution in [2.24, 2.45) is 0 Å². The highest BCUT2D eigenvalue weighted by Gasteiger charge is 2.33. The van der Waals surface area contributed by atoms with Crippen molar-refractivity contribution in [2.75, 3.05) is 26.2 Å². The van der Waals surface area contributed by atoms with Crippen molar-refractivity contribution in [3.63, 3.8) is 0 Å². The summed E-state index contributed by atoms with van der Waals surface area (Å²) in [7, 11) is 0. The van der Waals surface area contributed by atoms with Crippen molar-refractivity contribution < 1.29 is 14.4 Å². The Hall–Kier alpha value is -1.47. The van der Waals surface area contributed by atoms with Crippen molar-refractivity contribution in [3.05, 3.63) is 11.7 Å². The summed E-state index contributed by atoms with van der Waals surface area (Å²) in [6, 6.07) is 0.287. The number of hydrogen-bond acceptors (Lipinski definition) is 6. The molecule has 2 fully saturated rings. The predicted molar refractivity (Wildman–Crippen MR) is 88.5 cm³/mol. The summed E-state index contributed by atoms with van der Waals surface area (Å²) in [4.78, 5) is 20.9. The fourth-order valence-corrected chi connectivity index (χ4v) is 3.63. The van der Waals surface area contributed by atoms with E-state index in [0.29, 0.717) is 24.6 Å². The zero-order chi connectivity index (χ0) is 17.1. The van der Waals surface area contributed by atoms with Crippen LogP contribution in [0.4, 0.5) is 0 Å². The molecular formula is C17H28N4O3. The van der Waals surface area contributed by atoms with Gasteiger partial charge in [0.1, 0.15) is 0 Å². The average Bonchev–Trinajstić information content (AvgIpc) is 3.22. The predicted octanol–water partition coefficient (Wildman–Crippen LogP) is 1.18. The molecule has 1 saturated carbocycles. The molecule has 1 amide bonds. The first-order chi connectivity index (χ1) is 11.5. The second kappa shape index (κ2) is 7.61. The topological polar surface area (TPSA) is 82.7 Å². The fraction of sp³-hybridized carbons (Fsp3) is 0.824. The number of aliphatic hydroxyl groups is 1. The molecular weight excluding hydrogens is 308 g/mol. The van der Waals surface area contributed by atoms with Crippen LogP contribution in [0.2, 0.25) is 0 Å². The van der Waals surface area contributed by atoms with Crippen LogP contribution in [0.1, 0.15) is 57.2 Å². The van der Waals surface area contributed by atoms with Gasteiger partial charge in [-0.2, -0.15) is 4.98 Å². The monoisotopic (exact) mass is 336 g/mol. The Balaban J connectivity index is 1.43. The van der Waals surface area contributed by atoms with Crippen LogP contribution in [-0.4, -0.2) is 69.3 Å². The molecule has 0 spiro atoms. The van der Waals surface area contributed by atoms with Gasteiger partial charge in [-0.25, -0.2) is 0 Å². The Kier molecular flexibility index (Phi) is 5.50. The molecule has 7 nitrogen and oxygen atoms in total. The summed E-state index contributed by atoms with van der Waals surface area (Å²) in [5, 5.41) is 13.9. The minimum absolute atomic E-state index is 0.144. The maximum absolute atomic E-state index is 12.4. The van der Waals surface area contributed by atoms with E-state index < -0.39 is 0 Å². The third-order valence-corrected chi connectivity index (χ3v) is 5.13. The molecule has 1 aliphatic carbocycles. The smallest absolute Gasteiger partial charge is 0.227 e. The highest BCUT2D eigenvalue weighted by Crippen LogP contribution is 2.25. The maximum Gasteiger partial charge on any atom is 0.227 e. The largest absolute Gasteiger partial charge is 0.391 e. The minimum atomic E-state index is -0.195. The summed E-state index contributed by atoms with van der Waals surface area (Å²) in [5.74, 6) is 1.61. The number of hydrogen-bond donors (Lipinski definition) is 1. The Labute approximate surface area is 143 Å². The van der Waals surface area contributed by atoms with Crippen molar-refractivity contribution in [2.45, 2.75) is 64.0 Å². The number of aliphatic hydroxyl groups excluding tert-OH is 1. The molecule has 0 radical (unpaired) electrons. The van der Waals surface area contributed by atoms with Gasteiger partial charge in [0.05, 0.1) is 6.10 Å². The van der Waals surface area contributed by atoms with Gasteiger partial charge in [-0.3, -0.25) is 9.69 Å². The van der Waals surface area contributed by atoms with E-state index in [1.165, 1.54) is 0 Å². The molecule has 1 N–H and O–H groups in total. The number of rotatable bonds is 5. The van der Waals surface area contributed by atoms with Crippen LogP contribution in [-0.2, 0) is 11.2 Å². The fourth-order valence-electron chi connectivity index (χ4n) is 3.63. The second-order valence-corrected chi connectivity index (χ2v) is 7.18. The Morgan fingerprint density at radius 2 is 2.04 bits per heavy atom. The van der Waals surface area contributed by atoms with E-state index in [1.54, 1.807) is 0 Å². The third-order valence-electron chi connectivity index (χ3n) is 5.13. The summed E-state index contributed by atoms with van der Waals surface area (Å²) >= 11 is 0. The van der Waals surface area contributed by atoms with Gasteiger partial charge in [-0.15, -0.1) is 0 Å². The van der Waals surface area contributed by atoms with Crippen LogP contribution < -0.4 is 0 Å². The minimum Gasteiger partial charge on any atom is -0.391 e. The molecule has 0 unspecified atom stereocenters. The van der Waals surface area contributed by atoms with Crippen LogP contribution in [0.5, 0.6) is 0 Å². The lowest BCUT2D eigenvalue weighted by molar-refractivity contribution is -0.133. The summed E-state index contributed by atoms with van der Waals surface area (Å²) in [5.41, 5.74) is 0. The lowest BCUT2D eigenvalue weighted by Crippen LogP contribution is -2.53. The summed E-state index contributed by atoms with van der Waals surface area (Å²) in [6.07, 6.45) is 3.80. The number of aromatic nitrogens is 2. The number of nitrogens with zero attached hydrogens (tertiary/aromatic N) is 4. The molecule has 0 aromatic carbocycles. The van der Waals surface area contributed by atoms with Crippen LogP contribution in [0, 0.1) is 0 Å². The molecule has 2 aliphatic rings. The number of carbonyl (C=O) groups excluding carboxylic acids is 1. The molecule has 2 atom stereocenters. The van der Waals surface area contributed by atoms with E-state index in [9.17, 15) is 9.90 Å². The number of piperazine rings is 1.